The number of ether oxygens (including phenoxy) is 2. The van der Waals surface area contributed by atoms with Gasteiger partial charge >= 0.3 is 0 Å². The number of aromatic amines is 1. The Balaban J connectivity index is 1.42. The topological polar surface area (TPSA) is 176 Å². The second-order valence-electron chi connectivity index (χ2n) is 12.8. The van der Waals surface area contributed by atoms with Crippen molar-refractivity contribution in [2.75, 3.05) is 13.7 Å². The van der Waals surface area contributed by atoms with Crippen LogP contribution in [0.15, 0.2) is 48.5 Å². The molecule has 5 rings (SSSR count). The van der Waals surface area contributed by atoms with Gasteiger partial charge in [-0.3, -0.25) is 29.3 Å². The van der Waals surface area contributed by atoms with E-state index in [1.807, 2.05) is 0 Å². The van der Waals surface area contributed by atoms with Gasteiger partial charge in [0.1, 0.15) is 29.9 Å². The number of carbonyl (C=O) groups is 5. The Bertz CT molecular complexity index is 2090. The maximum absolute atomic E-state index is 14.9. The van der Waals surface area contributed by atoms with E-state index in [1.165, 1.54) is 25.3 Å². The van der Waals surface area contributed by atoms with E-state index in [0.29, 0.717) is 16.7 Å². The van der Waals surface area contributed by atoms with Gasteiger partial charge in [-0.1, -0.05) is 18.2 Å². The molecule has 4 aromatic rings. The molecule has 0 bridgehead atoms. The molecule has 1 saturated heterocycles. The molecule has 0 unspecified atom stereocenters. The van der Waals surface area contributed by atoms with Crippen LogP contribution in [0.25, 0.3) is 10.9 Å². The third-order valence-corrected chi connectivity index (χ3v) is 8.52. The van der Waals surface area contributed by atoms with Crippen molar-refractivity contribution in [2.24, 2.45) is 5.92 Å². The first kappa shape index (κ1) is 38.4. The molecule has 1 aliphatic rings. The largest absolute Gasteiger partial charge is 0.496 e. The zero-order valence-electron chi connectivity index (χ0n) is 28.4. The number of hydrogen-bond acceptors (Lipinski definition) is 8. The van der Waals surface area contributed by atoms with Crippen molar-refractivity contribution in [1.29, 1.82) is 0 Å². The van der Waals surface area contributed by atoms with E-state index in [0.717, 1.165) is 26.0 Å². The smallest absolute Gasteiger partial charge is 0.268 e. The van der Waals surface area contributed by atoms with E-state index in [2.05, 4.69) is 20.9 Å². The highest BCUT2D eigenvalue weighted by Gasteiger charge is 2.38. The van der Waals surface area contributed by atoms with E-state index in [-0.39, 0.29) is 24.1 Å². The Morgan fingerprint density at radius 2 is 1.62 bits per heavy atom. The monoisotopic (exact) mass is 744 g/mol. The lowest BCUT2D eigenvalue weighted by Gasteiger charge is -2.24. The van der Waals surface area contributed by atoms with Crippen molar-refractivity contribution in [3.8, 4) is 11.5 Å². The minimum absolute atomic E-state index is 0.00262. The second kappa shape index (κ2) is 15.4. The van der Waals surface area contributed by atoms with Crippen molar-refractivity contribution in [3.63, 3.8) is 0 Å². The van der Waals surface area contributed by atoms with Crippen molar-refractivity contribution >= 4 is 40.3 Å². The van der Waals surface area contributed by atoms with Gasteiger partial charge in [0.15, 0.2) is 23.2 Å². The summed E-state index contributed by atoms with van der Waals surface area (Å²) >= 11 is 0. The lowest BCUT2D eigenvalue weighted by molar-refractivity contribution is -0.131. The van der Waals surface area contributed by atoms with Crippen LogP contribution in [0, 0.1) is 35.0 Å². The number of halogens is 5. The lowest BCUT2D eigenvalue weighted by atomic mass is 9.95. The van der Waals surface area contributed by atoms with E-state index in [4.69, 9.17) is 9.47 Å². The number of imide groups is 1. The van der Waals surface area contributed by atoms with Gasteiger partial charge in [-0.05, 0) is 56.2 Å². The van der Waals surface area contributed by atoms with Gasteiger partial charge in [-0.25, -0.2) is 13.2 Å². The highest BCUT2D eigenvalue weighted by atomic mass is 19.2. The van der Waals surface area contributed by atoms with Crippen molar-refractivity contribution in [3.05, 3.63) is 94.4 Å². The molecule has 280 valence electrons. The molecular formula is C36H33F5N4O8. The second-order valence-corrected chi connectivity index (χ2v) is 12.8. The Hall–Kier alpha value is -5.84. The summed E-state index contributed by atoms with van der Waals surface area (Å²) in [6.45, 7) is 0.464. The van der Waals surface area contributed by atoms with E-state index in [9.17, 15) is 51.0 Å². The van der Waals surface area contributed by atoms with Crippen molar-refractivity contribution in [1.82, 2.24) is 20.9 Å². The van der Waals surface area contributed by atoms with Gasteiger partial charge in [0, 0.05) is 29.7 Å². The van der Waals surface area contributed by atoms with Crippen LogP contribution in [-0.2, 0) is 31.2 Å². The van der Waals surface area contributed by atoms with E-state index >= 15 is 0 Å². The molecule has 2 heterocycles. The number of nitrogens with one attached hydrogen (secondary N) is 4. The highest BCUT2D eigenvalue weighted by molar-refractivity contribution is 6.04. The third-order valence-electron chi connectivity index (χ3n) is 8.52. The lowest BCUT2D eigenvalue weighted by Crippen LogP contribution is -2.53. The van der Waals surface area contributed by atoms with E-state index in [1.54, 1.807) is 18.2 Å². The molecule has 3 aromatic carbocycles. The Kier molecular flexibility index (Phi) is 11.2. The Morgan fingerprint density at radius 1 is 0.943 bits per heavy atom. The molecule has 0 radical (unpaired) electrons. The van der Waals surface area contributed by atoms with Crippen LogP contribution in [0.1, 0.15) is 48.3 Å². The standard InChI is InChI=1S/C36H33F5N4O8/c1-36(2,51)27-28(38)30(40)32(31(41)29(27)39)53-15-24(46)21(12-17-13-26(47)45-33(17)48)43-34(49)22(11-16-6-4-7-18(37)10-16)44-35(50)23-14-19-20(42-23)8-5-9-25(19)52-3/h4-10,14,17,21-22,42,51H,11-13,15H2,1-3H3,(H,43,49)(H,44,50)(H,45,47,48)/t17-,21+,22+/m1/s1. The summed E-state index contributed by atoms with van der Waals surface area (Å²) in [6.07, 6.45) is -1.24. The van der Waals surface area contributed by atoms with Crippen molar-refractivity contribution in [2.45, 2.75) is 50.8 Å². The number of benzene rings is 3. The first-order valence-electron chi connectivity index (χ1n) is 16.1. The van der Waals surface area contributed by atoms with Crippen molar-refractivity contribution < 1.29 is 60.5 Å². The SMILES string of the molecule is COc1cccc2[nH]c(C(=O)N[C@@H](Cc3cccc(F)c3)C(=O)N[C@@H](C[C@@H]3CC(=O)NC3=O)C(=O)COc3c(F)c(F)c(C(C)(C)O)c(F)c3F)cc12. The minimum atomic E-state index is -2.35. The fourth-order valence-electron chi connectivity index (χ4n) is 5.92. The molecule has 3 atom stereocenters. The molecular weight excluding hydrogens is 711 g/mol. The normalized spacial score (nSPS) is 15.5. The summed E-state index contributed by atoms with van der Waals surface area (Å²) in [5.41, 5.74) is -2.90. The molecule has 17 heteroatoms. The molecule has 5 N–H and O–H groups in total. The minimum Gasteiger partial charge on any atom is -0.496 e. The molecule has 0 aliphatic carbocycles. The van der Waals surface area contributed by atoms with Crippen LogP contribution in [-0.4, -0.2) is 65.3 Å². The zero-order valence-corrected chi connectivity index (χ0v) is 28.4. The number of aliphatic hydroxyl groups is 1. The molecule has 4 amide bonds. The molecule has 53 heavy (non-hydrogen) atoms. The quantitative estimate of drug-likeness (QED) is 0.0739. The average Bonchev–Trinajstić information content (AvgIpc) is 3.68. The van der Waals surface area contributed by atoms with Crippen LogP contribution in [0.2, 0.25) is 0 Å². The summed E-state index contributed by atoms with van der Waals surface area (Å²) in [5.74, 6) is -15.5. The maximum atomic E-state index is 14.9. The van der Waals surface area contributed by atoms with Gasteiger partial charge in [-0.2, -0.15) is 8.78 Å². The number of fused-ring (bicyclic) bond motifs is 1. The van der Waals surface area contributed by atoms with E-state index < -0.39 is 106 Å². The van der Waals surface area contributed by atoms with Crippen LogP contribution in [0.3, 0.4) is 0 Å². The summed E-state index contributed by atoms with van der Waals surface area (Å²) < 4.78 is 83.5. The van der Waals surface area contributed by atoms with Gasteiger partial charge in [0.2, 0.25) is 29.4 Å². The number of aromatic nitrogens is 1. The van der Waals surface area contributed by atoms with Crippen LogP contribution in [0.5, 0.6) is 11.5 Å². The van der Waals surface area contributed by atoms with Crippen LogP contribution >= 0.6 is 0 Å². The van der Waals surface area contributed by atoms with Crippen LogP contribution in [0.4, 0.5) is 22.0 Å². The average molecular weight is 745 g/mol. The Morgan fingerprint density at radius 3 is 2.23 bits per heavy atom. The first-order valence-corrected chi connectivity index (χ1v) is 16.1. The molecule has 1 aliphatic heterocycles. The fraction of sp³-hybridized carbons (Fsp3) is 0.306. The molecule has 0 saturated carbocycles. The van der Waals surface area contributed by atoms with Crippen LogP contribution < -0.4 is 25.4 Å². The number of ketones is 1. The summed E-state index contributed by atoms with van der Waals surface area (Å²) in [4.78, 5) is 68.0. The third kappa shape index (κ3) is 8.46. The number of carbonyl (C=O) groups excluding carboxylic acids is 5. The number of hydrogen-bond donors (Lipinski definition) is 5. The molecule has 1 fully saturated rings. The number of rotatable bonds is 14. The number of H-pyrrole nitrogens is 1. The van der Waals surface area contributed by atoms with Gasteiger partial charge in [0.05, 0.1) is 24.3 Å². The predicted molar refractivity (Wildman–Crippen MR) is 176 cm³/mol. The zero-order chi connectivity index (χ0) is 38.8. The number of amides is 4. The number of Topliss-reactive ketones (excluding diaryl/α,β-unsaturated/α-hetero) is 1. The molecule has 12 nitrogen and oxygen atoms in total. The number of methoxy groups -OCH3 is 1. The summed E-state index contributed by atoms with van der Waals surface area (Å²) in [7, 11) is 1.44. The van der Waals surface area contributed by atoms with Gasteiger partial charge < -0.3 is 30.2 Å². The summed E-state index contributed by atoms with van der Waals surface area (Å²) in [6, 6.07) is 8.34. The molecule has 0 spiro atoms. The van der Waals surface area contributed by atoms with Gasteiger partial charge in [0.25, 0.3) is 5.91 Å². The summed E-state index contributed by atoms with van der Waals surface area (Å²) in [5, 5.41) is 17.5. The predicted octanol–water partition coefficient (Wildman–Crippen LogP) is 3.63. The molecule has 1 aromatic heterocycles. The fourth-order valence-corrected chi connectivity index (χ4v) is 5.92. The Labute approximate surface area is 298 Å². The van der Waals surface area contributed by atoms with Gasteiger partial charge in [-0.15, -0.1) is 0 Å². The first-order chi connectivity index (χ1) is 25.0. The highest BCUT2D eigenvalue weighted by Crippen LogP contribution is 2.35. The maximum Gasteiger partial charge on any atom is 0.268 e.